The summed E-state index contributed by atoms with van der Waals surface area (Å²) in [5.74, 6) is 0.654. The minimum Gasteiger partial charge on any atom is -0.491 e. The van der Waals surface area contributed by atoms with E-state index in [0.29, 0.717) is 12.4 Å². The molecule has 0 spiro atoms. The highest BCUT2D eigenvalue weighted by molar-refractivity contribution is 7.51. The topological polar surface area (TPSA) is 85.2 Å². The molecule has 1 atom stereocenters. The summed E-state index contributed by atoms with van der Waals surface area (Å²) in [5.41, 5.74) is 0. The minimum absolute atomic E-state index is 0.140. The molecule has 0 saturated carbocycles. The summed E-state index contributed by atoms with van der Waals surface area (Å²) in [5, 5.41) is 0. The largest absolute Gasteiger partial charge is 0.491 e. The van der Waals surface area contributed by atoms with Crippen LogP contribution in [0.4, 0.5) is 0 Å². The highest BCUT2D eigenvalue weighted by Crippen LogP contribution is 2.34. The lowest BCUT2D eigenvalue weighted by molar-refractivity contribution is -0.0194. The molecule has 0 bridgehead atoms. The van der Waals surface area contributed by atoms with Gasteiger partial charge < -0.3 is 24.0 Å². The monoisotopic (exact) mass is 302 g/mol. The number of ether oxygens (including phenoxy) is 3. The average molecular weight is 302 g/mol. The van der Waals surface area contributed by atoms with Gasteiger partial charge in [0.15, 0.2) is 0 Å². The Morgan fingerprint density at radius 2 is 1.95 bits per heavy atom. The zero-order valence-electron chi connectivity index (χ0n) is 11.1. The molecular formula is C13H19O6P. The lowest BCUT2D eigenvalue weighted by atomic mass is 10.3. The van der Waals surface area contributed by atoms with Crippen LogP contribution in [0.25, 0.3) is 0 Å². The second kappa shape index (κ2) is 8.89. The fraction of sp³-hybridized carbons (Fsp3) is 0.385. The summed E-state index contributed by atoms with van der Waals surface area (Å²) in [4.78, 5) is 17.6. The van der Waals surface area contributed by atoms with E-state index in [4.69, 9.17) is 24.0 Å². The smallest absolute Gasteiger partial charge is 0.350 e. The van der Waals surface area contributed by atoms with E-state index in [-0.39, 0.29) is 13.2 Å². The molecule has 0 aliphatic rings. The number of rotatable bonds is 10. The quantitative estimate of drug-likeness (QED) is 0.389. The van der Waals surface area contributed by atoms with Crippen LogP contribution in [0.1, 0.15) is 0 Å². The van der Waals surface area contributed by atoms with Gasteiger partial charge in [-0.15, -0.1) is 6.58 Å². The fourth-order valence-electron chi connectivity index (χ4n) is 1.34. The van der Waals surface area contributed by atoms with E-state index < -0.39 is 20.0 Å². The number of benzene rings is 1. The van der Waals surface area contributed by atoms with Crippen molar-refractivity contribution in [3.63, 3.8) is 0 Å². The Bertz CT molecular complexity index is 430. The SMILES string of the molecule is C=CCOCC(COc1ccccc1)OCP(=O)(O)O. The van der Waals surface area contributed by atoms with Gasteiger partial charge in [0.2, 0.25) is 0 Å². The molecule has 0 saturated heterocycles. The van der Waals surface area contributed by atoms with Crippen LogP contribution in [0.5, 0.6) is 5.75 Å². The van der Waals surface area contributed by atoms with Gasteiger partial charge in [0.1, 0.15) is 24.8 Å². The summed E-state index contributed by atoms with van der Waals surface area (Å²) >= 11 is 0. The summed E-state index contributed by atoms with van der Waals surface area (Å²) in [6.45, 7) is 4.15. The molecule has 2 N–H and O–H groups in total. The summed E-state index contributed by atoms with van der Waals surface area (Å²) in [7, 11) is -4.21. The lowest BCUT2D eigenvalue weighted by Crippen LogP contribution is -2.27. The Kier molecular flexibility index (Phi) is 7.51. The first kappa shape index (κ1) is 16.9. The van der Waals surface area contributed by atoms with Gasteiger partial charge in [0.05, 0.1) is 13.2 Å². The first-order chi connectivity index (χ1) is 9.51. The van der Waals surface area contributed by atoms with Crippen LogP contribution in [0.3, 0.4) is 0 Å². The van der Waals surface area contributed by atoms with E-state index in [0.717, 1.165) is 0 Å². The maximum Gasteiger partial charge on any atom is 0.350 e. The molecule has 1 aromatic carbocycles. The fourth-order valence-corrected chi connectivity index (χ4v) is 1.74. The molecule has 20 heavy (non-hydrogen) atoms. The van der Waals surface area contributed by atoms with Crippen molar-refractivity contribution in [2.24, 2.45) is 0 Å². The van der Waals surface area contributed by atoms with Crippen LogP contribution in [-0.2, 0) is 14.0 Å². The van der Waals surface area contributed by atoms with E-state index in [2.05, 4.69) is 6.58 Å². The van der Waals surface area contributed by atoms with E-state index in [1.54, 1.807) is 18.2 Å². The van der Waals surface area contributed by atoms with Crippen LogP contribution >= 0.6 is 7.60 Å². The van der Waals surface area contributed by atoms with Gasteiger partial charge in [-0.05, 0) is 12.1 Å². The highest BCUT2D eigenvalue weighted by Gasteiger charge is 2.18. The Morgan fingerprint density at radius 1 is 1.25 bits per heavy atom. The molecule has 0 amide bonds. The van der Waals surface area contributed by atoms with E-state index in [1.165, 1.54) is 0 Å². The van der Waals surface area contributed by atoms with Crippen LogP contribution in [0, 0.1) is 0 Å². The third-order valence-electron chi connectivity index (χ3n) is 2.20. The van der Waals surface area contributed by atoms with Crippen molar-refractivity contribution in [1.82, 2.24) is 0 Å². The average Bonchev–Trinajstić information content (AvgIpc) is 2.41. The van der Waals surface area contributed by atoms with Gasteiger partial charge in [0.25, 0.3) is 0 Å². The molecule has 0 aromatic heterocycles. The third-order valence-corrected chi connectivity index (χ3v) is 2.68. The van der Waals surface area contributed by atoms with E-state index >= 15 is 0 Å². The standard InChI is InChI=1S/C13H19O6P/c1-2-8-17-9-13(19-11-20(14,15)16)10-18-12-6-4-3-5-7-12/h2-7,13H,1,8-11H2,(H2,14,15,16). The predicted molar refractivity (Wildman–Crippen MR) is 74.7 cm³/mol. The van der Waals surface area contributed by atoms with Crippen molar-refractivity contribution in [1.29, 1.82) is 0 Å². The molecule has 7 heteroatoms. The number of hydrogen-bond donors (Lipinski definition) is 2. The number of hydrogen-bond acceptors (Lipinski definition) is 4. The summed E-state index contributed by atoms with van der Waals surface area (Å²) in [6.07, 6.45) is 0.355. The first-order valence-corrected chi connectivity index (χ1v) is 7.83. The molecule has 6 nitrogen and oxygen atoms in total. The molecule has 0 heterocycles. The third kappa shape index (κ3) is 8.09. The van der Waals surface area contributed by atoms with Gasteiger partial charge in [-0.25, -0.2) is 0 Å². The van der Waals surface area contributed by atoms with Crippen molar-refractivity contribution in [3.8, 4) is 5.75 Å². The van der Waals surface area contributed by atoms with Crippen molar-refractivity contribution in [3.05, 3.63) is 43.0 Å². The Hall–Kier alpha value is -1.17. The summed E-state index contributed by atoms with van der Waals surface area (Å²) in [6, 6.07) is 9.08. The van der Waals surface area contributed by atoms with Crippen LogP contribution < -0.4 is 4.74 Å². The Balaban J connectivity index is 2.44. The molecular weight excluding hydrogens is 283 g/mol. The number of para-hydroxylation sites is 1. The molecule has 0 aliphatic heterocycles. The maximum atomic E-state index is 10.8. The predicted octanol–water partition coefficient (Wildman–Crippen LogP) is 1.79. The molecule has 1 rings (SSSR count). The zero-order valence-corrected chi connectivity index (χ0v) is 11.9. The van der Waals surface area contributed by atoms with Crippen LogP contribution in [-0.4, -0.2) is 42.1 Å². The maximum absolute atomic E-state index is 10.8. The van der Waals surface area contributed by atoms with Gasteiger partial charge in [0, 0.05) is 0 Å². The molecule has 0 fully saturated rings. The van der Waals surface area contributed by atoms with Crippen molar-refractivity contribution in [2.75, 3.05) is 26.2 Å². The van der Waals surface area contributed by atoms with Gasteiger partial charge in [-0.1, -0.05) is 24.3 Å². The second-order valence-electron chi connectivity index (χ2n) is 4.03. The summed E-state index contributed by atoms with van der Waals surface area (Å²) < 4.78 is 26.6. The molecule has 0 radical (unpaired) electrons. The van der Waals surface area contributed by atoms with Crippen LogP contribution in [0.2, 0.25) is 0 Å². The normalized spacial score (nSPS) is 12.9. The van der Waals surface area contributed by atoms with E-state index in [9.17, 15) is 4.57 Å². The van der Waals surface area contributed by atoms with Crippen molar-refractivity contribution >= 4 is 7.60 Å². The molecule has 112 valence electrons. The second-order valence-corrected chi connectivity index (χ2v) is 5.62. The molecule has 1 aromatic rings. The van der Waals surface area contributed by atoms with Crippen molar-refractivity contribution in [2.45, 2.75) is 6.10 Å². The van der Waals surface area contributed by atoms with Crippen molar-refractivity contribution < 1.29 is 28.6 Å². The van der Waals surface area contributed by atoms with Gasteiger partial charge in [-0.2, -0.15) is 0 Å². The van der Waals surface area contributed by atoms with Gasteiger partial charge >= 0.3 is 7.60 Å². The van der Waals surface area contributed by atoms with E-state index in [1.807, 2.05) is 18.2 Å². The Morgan fingerprint density at radius 3 is 2.55 bits per heavy atom. The van der Waals surface area contributed by atoms with Crippen LogP contribution in [0.15, 0.2) is 43.0 Å². The first-order valence-electron chi connectivity index (χ1n) is 6.04. The Labute approximate surface area is 118 Å². The highest BCUT2D eigenvalue weighted by atomic mass is 31.2. The lowest BCUT2D eigenvalue weighted by Gasteiger charge is -2.18. The minimum atomic E-state index is -4.21. The zero-order chi connectivity index (χ0) is 14.8. The molecule has 0 aliphatic carbocycles. The van der Waals surface area contributed by atoms with Gasteiger partial charge in [-0.3, -0.25) is 4.57 Å². The molecule has 1 unspecified atom stereocenters.